The highest BCUT2D eigenvalue weighted by atomic mass is 32.1. The van der Waals surface area contributed by atoms with Crippen LogP contribution in [0.4, 0.5) is 5.69 Å². The second kappa shape index (κ2) is 3.31. The molecule has 0 amide bonds. The fourth-order valence-corrected chi connectivity index (χ4v) is 2.54. The van der Waals surface area contributed by atoms with Crippen LogP contribution in [0.1, 0.15) is 10.6 Å². The lowest BCUT2D eigenvalue weighted by Crippen LogP contribution is -1.90. The van der Waals surface area contributed by atoms with E-state index in [1.165, 1.54) is 16.8 Å². The van der Waals surface area contributed by atoms with Crippen molar-refractivity contribution in [1.82, 2.24) is 10.2 Å². The summed E-state index contributed by atoms with van der Waals surface area (Å²) in [5.41, 5.74) is 3.84. The third-order valence-electron chi connectivity index (χ3n) is 2.59. The van der Waals surface area contributed by atoms with Crippen LogP contribution in [0.2, 0.25) is 0 Å². The van der Waals surface area contributed by atoms with Gasteiger partial charge in [-0.05, 0) is 37.1 Å². The summed E-state index contributed by atoms with van der Waals surface area (Å²) in [6.45, 7) is 3.03. The van der Waals surface area contributed by atoms with Gasteiger partial charge in [-0.15, -0.1) is 10.2 Å². The molecule has 2 aromatic rings. The highest BCUT2D eigenvalue weighted by molar-refractivity contribution is 7.14. The van der Waals surface area contributed by atoms with E-state index in [9.17, 15) is 0 Å². The molecule has 1 N–H and O–H groups in total. The SMILES string of the molecule is Cc1nnc(-c2ccc3c(c2)CCN3)s1. The number of fused-ring (bicyclic) bond motifs is 1. The minimum atomic E-state index is 1.02. The Balaban J connectivity index is 2.06. The fourth-order valence-electron chi connectivity index (χ4n) is 1.85. The van der Waals surface area contributed by atoms with Crippen molar-refractivity contribution in [3.8, 4) is 10.6 Å². The average Bonchev–Trinajstić information content (AvgIpc) is 2.84. The third-order valence-corrected chi connectivity index (χ3v) is 3.48. The van der Waals surface area contributed by atoms with Gasteiger partial charge in [-0.25, -0.2) is 0 Å². The molecule has 1 aromatic carbocycles. The lowest BCUT2D eigenvalue weighted by Gasteiger charge is -2.00. The van der Waals surface area contributed by atoms with E-state index in [0.29, 0.717) is 0 Å². The summed E-state index contributed by atoms with van der Waals surface area (Å²) in [5, 5.41) is 13.6. The van der Waals surface area contributed by atoms with Gasteiger partial charge in [0.1, 0.15) is 10.0 Å². The standard InChI is InChI=1S/C11H11N3S/c1-7-13-14-11(15-7)9-2-3-10-8(6-9)4-5-12-10/h2-3,6,12H,4-5H2,1H3. The van der Waals surface area contributed by atoms with E-state index in [2.05, 4.69) is 33.7 Å². The highest BCUT2D eigenvalue weighted by Gasteiger charge is 2.12. The van der Waals surface area contributed by atoms with E-state index in [4.69, 9.17) is 0 Å². The van der Waals surface area contributed by atoms with Gasteiger partial charge in [0.05, 0.1) is 0 Å². The monoisotopic (exact) mass is 217 g/mol. The van der Waals surface area contributed by atoms with E-state index < -0.39 is 0 Å². The zero-order valence-electron chi connectivity index (χ0n) is 8.45. The summed E-state index contributed by atoms with van der Waals surface area (Å²) >= 11 is 1.64. The van der Waals surface area contributed by atoms with Gasteiger partial charge < -0.3 is 5.32 Å². The van der Waals surface area contributed by atoms with Crippen molar-refractivity contribution < 1.29 is 0 Å². The van der Waals surface area contributed by atoms with Crippen LogP contribution < -0.4 is 5.32 Å². The quantitative estimate of drug-likeness (QED) is 0.797. The normalized spacial score (nSPS) is 13.7. The molecule has 0 saturated carbocycles. The van der Waals surface area contributed by atoms with Gasteiger partial charge in [0, 0.05) is 17.8 Å². The van der Waals surface area contributed by atoms with Crippen LogP contribution in [0.25, 0.3) is 10.6 Å². The zero-order valence-corrected chi connectivity index (χ0v) is 9.27. The van der Waals surface area contributed by atoms with Gasteiger partial charge in [-0.2, -0.15) is 0 Å². The van der Waals surface area contributed by atoms with Crippen molar-refractivity contribution in [1.29, 1.82) is 0 Å². The Bertz CT molecular complexity index is 504. The summed E-state index contributed by atoms with van der Waals surface area (Å²) < 4.78 is 0. The number of aryl methyl sites for hydroxylation is 1. The molecular formula is C11H11N3S. The topological polar surface area (TPSA) is 37.8 Å². The Labute approximate surface area is 92.2 Å². The molecule has 0 fully saturated rings. The molecule has 4 heteroatoms. The molecule has 2 heterocycles. The van der Waals surface area contributed by atoms with Gasteiger partial charge in [0.2, 0.25) is 0 Å². The maximum atomic E-state index is 4.16. The molecule has 0 saturated heterocycles. The lowest BCUT2D eigenvalue weighted by atomic mass is 10.1. The Kier molecular flexibility index (Phi) is 1.95. The number of nitrogens with zero attached hydrogens (tertiary/aromatic N) is 2. The van der Waals surface area contributed by atoms with Crippen LogP contribution in [0.5, 0.6) is 0 Å². The summed E-state index contributed by atoms with van der Waals surface area (Å²) in [7, 11) is 0. The Hall–Kier alpha value is -1.42. The number of rotatable bonds is 1. The van der Waals surface area contributed by atoms with Crippen molar-refractivity contribution in [2.75, 3.05) is 11.9 Å². The lowest BCUT2D eigenvalue weighted by molar-refractivity contribution is 1.05. The Morgan fingerprint density at radius 1 is 1.33 bits per heavy atom. The van der Waals surface area contributed by atoms with Crippen molar-refractivity contribution in [2.24, 2.45) is 0 Å². The number of aromatic nitrogens is 2. The zero-order chi connectivity index (χ0) is 10.3. The molecule has 3 rings (SSSR count). The van der Waals surface area contributed by atoms with Gasteiger partial charge in [0.15, 0.2) is 0 Å². The molecule has 0 aliphatic carbocycles. The maximum absolute atomic E-state index is 4.16. The molecule has 3 nitrogen and oxygen atoms in total. The minimum absolute atomic E-state index is 1.02. The average molecular weight is 217 g/mol. The van der Waals surface area contributed by atoms with Crippen molar-refractivity contribution in [2.45, 2.75) is 13.3 Å². The number of hydrogen-bond donors (Lipinski definition) is 1. The first kappa shape index (κ1) is 8.85. The van der Waals surface area contributed by atoms with Gasteiger partial charge in [-0.1, -0.05) is 11.3 Å². The number of nitrogens with one attached hydrogen (secondary N) is 1. The van der Waals surface area contributed by atoms with Crippen LogP contribution in [-0.2, 0) is 6.42 Å². The molecule has 1 aliphatic rings. The van der Waals surface area contributed by atoms with E-state index in [1.807, 2.05) is 6.92 Å². The molecule has 0 atom stereocenters. The van der Waals surface area contributed by atoms with Crippen LogP contribution in [-0.4, -0.2) is 16.7 Å². The summed E-state index contributed by atoms with van der Waals surface area (Å²) in [4.78, 5) is 0. The van der Waals surface area contributed by atoms with Crippen molar-refractivity contribution in [3.05, 3.63) is 28.8 Å². The summed E-state index contributed by atoms with van der Waals surface area (Å²) in [6.07, 6.45) is 1.11. The Morgan fingerprint density at radius 2 is 2.27 bits per heavy atom. The molecular weight excluding hydrogens is 206 g/mol. The van der Waals surface area contributed by atoms with Gasteiger partial charge >= 0.3 is 0 Å². The van der Waals surface area contributed by atoms with Gasteiger partial charge in [0.25, 0.3) is 0 Å². The predicted octanol–water partition coefficient (Wildman–Crippen LogP) is 2.48. The van der Waals surface area contributed by atoms with Crippen molar-refractivity contribution in [3.63, 3.8) is 0 Å². The van der Waals surface area contributed by atoms with E-state index in [0.717, 1.165) is 23.0 Å². The number of benzene rings is 1. The van der Waals surface area contributed by atoms with E-state index >= 15 is 0 Å². The van der Waals surface area contributed by atoms with E-state index in [-0.39, 0.29) is 0 Å². The van der Waals surface area contributed by atoms with Gasteiger partial charge in [-0.3, -0.25) is 0 Å². The van der Waals surface area contributed by atoms with Crippen LogP contribution >= 0.6 is 11.3 Å². The summed E-state index contributed by atoms with van der Waals surface area (Å²) in [5.74, 6) is 0. The predicted molar refractivity (Wildman–Crippen MR) is 62.3 cm³/mol. The Morgan fingerprint density at radius 3 is 3.07 bits per heavy atom. The molecule has 0 spiro atoms. The molecule has 0 unspecified atom stereocenters. The molecule has 76 valence electrons. The number of hydrogen-bond acceptors (Lipinski definition) is 4. The van der Waals surface area contributed by atoms with Crippen molar-refractivity contribution >= 4 is 17.0 Å². The molecule has 1 aliphatic heterocycles. The summed E-state index contributed by atoms with van der Waals surface area (Å²) in [6, 6.07) is 6.46. The first-order chi connectivity index (χ1) is 7.33. The molecule has 0 bridgehead atoms. The molecule has 0 radical (unpaired) electrons. The van der Waals surface area contributed by atoms with Crippen LogP contribution in [0, 0.1) is 6.92 Å². The van der Waals surface area contributed by atoms with Crippen LogP contribution in [0.3, 0.4) is 0 Å². The number of anilines is 1. The van der Waals surface area contributed by atoms with E-state index in [1.54, 1.807) is 11.3 Å². The third kappa shape index (κ3) is 1.51. The molecule has 15 heavy (non-hydrogen) atoms. The first-order valence-corrected chi connectivity index (χ1v) is 5.82. The first-order valence-electron chi connectivity index (χ1n) is 5.00. The minimum Gasteiger partial charge on any atom is -0.384 e. The molecule has 1 aromatic heterocycles. The second-order valence-corrected chi connectivity index (χ2v) is 4.86. The smallest absolute Gasteiger partial charge is 0.147 e. The fraction of sp³-hybridized carbons (Fsp3) is 0.273. The second-order valence-electron chi connectivity index (χ2n) is 3.67. The largest absolute Gasteiger partial charge is 0.384 e. The van der Waals surface area contributed by atoms with Crippen LogP contribution in [0.15, 0.2) is 18.2 Å². The maximum Gasteiger partial charge on any atom is 0.147 e. The highest BCUT2D eigenvalue weighted by Crippen LogP contribution is 2.29.